The average molecular weight is 240 g/mol. The lowest BCUT2D eigenvalue weighted by atomic mass is 9.81. The lowest BCUT2D eigenvalue weighted by molar-refractivity contribution is -0.175. The number of epoxide rings is 1. The highest BCUT2D eigenvalue weighted by atomic mass is 16.7. The van der Waals surface area contributed by atoms with Crippen LogP contribution in [0.25, 0.3) is 0 Å². The van der Waals surface area contributed by atoms with Gasteiger partial charge in [-0.05, 0) is 19.8 Å². The molecule has 4 rings (SSSR count). The fourth-order valence-electron chi connectivity index (χ4n) is 3.38. The highest BCUT2D eigenvalue weighted by Gasteiger charge is 2.61. The van der Waals surface area contributed by atoms with Crippen molar-refractivity contribution < 1.29 is 23.7 Å². The van der Waals surface area contributed by atoms with Gasteiger partial charge in [-0.3, -0.25) is 4.79 Å². The Balaban J connectivity index is 1.44. The number of carbonyl (C=O) groups is 1. The van der Waals surface area contributed by atoms with Crippen molar-refractivity contribution in [3.05, 3.63) is 0 Å². The highest BCUT2D eigenvalue weighted by molar-refractivity contribution is 5.76. The van der Waals surface area contributed by atoms with Crippen molar-refractivity contribution >= 4 is 5.97 Å². The molecule has 0 saturated carbocycles. The van der Waals surface area contributed by atoms with Gasteiger partial charge in [-0.1, -0.05) is 0 Å². The van der Waals surface area contributed by atoms with Crippen molar-refractivity contribution in [1.82, 2.24) is 0 Å². The summed E-state index contributed by atoms with van der Waals surface area (Å²) in [6.07, 6.45) is 2.27. The van der Waals surface area contributed by atoms with Gasteiger partial charge in [0.2, 0.25) is 6.29 Å². The maximum Gasteiger partial charge on any atom is 0.314 e. The van der Waals surface area contributed by atoms with Crippen LogP contribution in [0.15, 0.2) is 0 Å². The number of hydrogen-bond acceptors (Lipinski definition) is 5. The molecule has 4 heterocycles. The number of ether oxygens (including phenoxy) is 4. The molecule has 4 fully saturated rings. The van der Waals surface area contributed by atoms with E-state index in [4.69, 9.17) is 18.9 Å². The molecule has 4 aliphatic heterocycles. The Labute approximate surface area is 99.3 Å². The van der Waals surface area contributed by atoms with Crippen molar-refractivity contribution in [3.63, 3.8) is 0 Å². The van der Waals surface area contributed by atoms with Gasteiger partial charge in [-0.15, -0.1) is 0 Å². The summed E-state index contributed by atoms with van der Waals surface area (Å²) in [4.78, 5) is 11.8. The quantitative estimate of drug-likeness (QED) is 0.530. The second kappa shape index (κ2) is 3.43. The van der Waals surface area contributed by atoms with E-state index in [0.29, 0.717) is 6.61 Å². The zero-order chi connectivity index (χ0) is 11.6. The molecule has 4 aliphatic rings. The SMILES string of the molecule is CC1O[C@H]1CO[C@@H]1OC(=O)[C@H]2[C@@H]1[C@@H]1CC[C@H]2O1. The number of esters is 1. The normalized spacial score (nSPS) is 54.9. The molecule has 7 atom stereocenters. The molecule has 0 aromatic heterocycles. The number of rotatable bonds is 3. The minimum Gasteiger partial charge on any atom is -0.435 e. The van der Waals surface area contributed by atoms with Gasteiger partial charge in [0.1, 0.15) is 6.10 Å². The Morgan fingerprint density at radius 1 is 1.29 bits per heavy atom. The Kier molecular flexibility index (Phi) is 2.08. The van der Waals surface area contributed by atoms with E-state index in [-0.39, 0.29) is 42.2 Å². The van der Waals surface area contributed by atoms with Crippen LogP contribution in [0.3, 0.4) is 0 Å². The molecule has 0 spiro atoms. The van der Waals surface area contributed by atoms with E-state index in [1.165, 1.54) is 0 Å². The van der Waals surface area contributed by atoms with Gasteiger partial charge in [-0.25, -0.2) is 0 Å². The predicted octanol–water partition coefficient (Wildman–Crippen LogP) is 0.467. The maximum absolute atomic E-state index is 11.8. The number of fused-ring (bicyclic) bond motifs is 5. The summed E-state index contributed by atoms with van der Waals surface area (Å²) in [5.74, 6) is -0.122. The zero-order valence-electron chi connectivity index (χ0n) is 9.70. The van der Waals surface area contributed by atoms with Crippen LogP contribution in [0.2, 0.25) is 0 Å². The molecule has 0 aromatic rings. The summed E-state index contributed by atoms with van der Waals surface area (Å²) in [7, 11) is 0. The van der Waals surface area contributed by atoms with Crippen LogP contribution in [0.5, 0.6) is 0 Å². The minimum atomic E-state index is -0.417. The first-order chi connectivity index (χ1) is 8.24. The predicted molar refractivity (Wildman–Crippen MR) is 55.0 cm³/mol. The molecule has 4 saturated heterocycles. The molecule has 0 radical (unpaired) electrons. The van der Waals surface area contributed by atoms with Crippen LogP contribution in [0.1, 0.15) is 19.8 Å². The first kappa shape index (κ1) is 10.3. The van der Waals surface area contributed by atoms with Gasteiger partial charge in [0.25, 0.3) is 0 Å². The second-order valence-electron chi connectivity index (χ2n) is 5.41. The fraction of sp³-hybridized carbons (Fsp3) is 0.917. The molecular weight excluding hydrogens is 224 g/mol. The van der Waals surface area contributed by atoms with E-state index < -0.39 is 6.29 Å². The summed E-state index contributed by atoms with van der Waals surface area (Å²) < 4.78 is 22.1. The summed E-state index contributed by atoms with van der Waals surface area (Å²) >= 11 is 0. The van der Waals surface area contributed by atoms with E-state index >= 15 is 0 Å². The van der Waals surface area contributed by atoms with Crippen molar-refractivity contribution in [3.8, 4) is 0 Å². The van der Waals surface area contributed by atoms with E-state index in [0.717, 1.165) is 12.8 Å². The van der Waals surface area contributed by atoms with E-state index in [9.17, 15) is 4.79 Å². The van der Waals surface area contributed by atoms with Crippen LogP contribution in [-0.2, 0) is 23.7 Å². The first-order valence-corrected chi connectivity index (χ1v) is 6.37. The smallest absolute Gasteiger partial charge is 0.314 e. The Morgan fingerprint density at radius 3 is 2.82 bits per heavy atom. The summed E-state index contributed by atoms with van der Waals surface area (Å²) in [5.41, 5.74) is 0. The Hall–Kier alpha value is -0.650. The Morgan fingerprint density at radius 2 is 2.06 bits per heavy atom. The molecule has 5 nitrogen and oxygen atoms in total. The molecule has 17 heavy (non-hydrogen) atoms. The molecule has 5 heteroatoms. The van der Waals surface area contributed by atoms with Crippen molar-refractivity contribution in [1.29, 1.82) is 0 Å². The van der Waals surface area contributed by atoms with Gasteiger partial charge >= 0.3 is 5.97 Å². The minimum absolute atomic E-state index is 0.0715. The number of hydrogen-bond donors (Lipinski definition) is 0. The summed E-state index contributed by atoms with van der Waals surface area (Å²) in [5, 5.41) is 0. The molecule has 0 N–H and O–H groups in total. The van der Waals surface area contributed by atoms with E-state index in [1.54, 1.807) is 0 Å². The second-order valence-corrected chi connectivity index (χ2v) is 5.41. The molecule has 1 unspecified atom stereocenters. The molecule has 2 bridgehead atoms. The first-order valence-electron chi connectivity index (χ1n) is 6.37. The molecule has 0 aromatic carbocycles. The van der Waals surface area contributed by atoms with Crippen molar-refractivity contribution in [2.75, 3.05) is 6.61 Å². The van der Waals surface area contributed by atoms with Crippen molar-refractivity contribution in [2.45, 2.75) is 50.5 Å². The van der Waals surface area contributed by atoms with Crippen LogP contribution < -0.4 is 0 Å². The number of carbonyl (C=O) groups excluding carboxylic acids is 1. The fourth-order valence-corrected chi connectivity index (χ4v) is 3.38. The molecule has 94 valence electrons. The van der Waals surface area contributed by atoms with Crippen LogP contribution in [-0.4, -0.2) is 43.3 Å². The van der Waals surface area contributed by atoms with Gasteiger partial charge < -0.3 is 18.9 Å². The van der Waals surface area contributed by atoms with E-state index in [2.05, 4.69) is 0 Å². The lowest BCUT2D eigenvalue weighted by Gasteiger charge is -2.21. The third-order valence-corrected chi connectivity index (χ3v) is 4.41. The summed E-state index contributed by atoms with van der Waals surface area (Å²) in [6, 6.07) is 0. The Bertz CT molecular complexity index is 357. The van der Waals surface area contributed by atoms with Crippen LogP contribution in [0.4, 0.5) is 0 Å². The van der Waals surface area contributed by atoms with Gasteiger partial charge in [-0.2, -0.15) is 0 Å². The van der Waals surface area contributed by atoms with E-state index in [1.807, 2.05) is 6.92 Å². The molecular formula is C12H16O5. The highest BCUT2D eigenvalue weighted by Crippen LogP contribution is 2.50. The van der Waals surface area contributed by atoms with Gasteiger partial charge in [0, 0.05) is 0 Å². The van der Waals surface area contributed by atoms with Gasteiger partial charge in [0.05, 0.1) is 36.8 Å². The third-order valence-electron chi connectivity index (χ3n) is 4.41. The van der Waals surface area contributed by atoms with Gasteiger partial charge in [0.15, 0.2) is 0 Å². The van der Waals surface area contributed by atoms with Crippen LogP contribution in [0, 0.1) is 11.8 Å². The van der Waals surface area contributed by atoms with Crippen molar-refractivity contribution in [2.24, 2.45) is 11.8 Å². The standard InChI is InChI=1S/C12H16O5/c1-5-8(15-5)4-14-12-10-7-3-2-6(16-7)9(10)11(13)17-12/h5-10,12H,2-4H2,1H3/t5?,6-,7+,8+,9-,10+,12-/m1/s1. The monoisotopic (exact) mass is 240 g/mol. The molecule has 0 aliphatic carbocycles. The largest absolute Gasteiger partial charge is 0.435 e. The average Bonchev–Trinajstić information content (AvgIpc) is 2.75. The third kappa shape index (κ3) is 1.46. The lowest BCUT2D eigenvalue weighted by Crippen LogP contribution is -2.33. The zero-order valence-corrected chi connectivity index (χ0v) is 9.70. The van der Waals surface area contributed by atoms with Crippen LogP contribution >= 0.6 is 0 Å². The maximum atomic E-state index is 11.8. The topological polar surface area (TPSA) is 57.3 Å². The number of cyclic esters (lactones) is 1. The molecule has 0 amide bonds. The summed E-state index contributed by atoms with van der Waals surface area (Å²) in [6.45, 7) is 2.53.